The molecule has 0 radical (unpaired) electrons. The normalized spacial score (nSPS) is 13.4. The van der Waals surface area contributed by atoms with Crippen molar-refractivity contribution in [3.8, 4) is 0 Å². The summed E-state index contributed by atoms with van der Waals surface area (Å²) >= 11 is 0. The largest absolute Gasteiger partial charge is 0.481 e. The summed E-state index contributed by atoms with van der Waals surface area (Å²) in [6, 6.07) is 0. The van der Waals surface area contributed by atoms with Crippen LogP contribution in [-0.2, 0) is 31.7 Å². The standard InChI is InChI=1S/C8H14N4O5S/c1-17-6(3-8(13)14)4-12-7(9-10-11-12)5-18(2,15)16/h6H,3-5H2,1-2H3,(H,13,14). The maximum atomic E-state index is 11.1. The van der Waals surface area contributed by atoms with Crippen LogP contribution in [0.3, 0.4) is 0 Å². The first-order chi connectivity index (χ1) is 8.31. The van der Waals surface area contributed by atoms with E-state index in [4.69, 9.17) is 9.84 Å². The number of aliphatic carboxylic acids is 1. The fourth-order valence-corrected chi connectivity index (χ4v) is 1.99. The molecule has 9 nitrogen and oxygen atoms in total. The molecule has 1 N–H and O–H groups in total. The third-order valence-corrected chi connectivity index (χ3v) is 2.89. The third kappa shape index (κ3) is 4.75. The minimum absolute atomic E-state index is 0.0840. The van der Waals surface area contributed by atoms with Crippen molar-refractivity contribution < 1.29 is 23.1 Å². The lowest BCUT2D eigenvalue weighted by Crippen LogP contribution is -2.24. The second kappa shape index (κ2) is 5.87. The predicted octanol–water partition coefficient (Wildman–Crippen LogP) is -1.29. The molecule has 0 aliphatic carbocycles. The molecule has 1 heterocycles. The van der Waals surface area contributed by atoms with Crippen LogP contribution >= 0.6 is 0 Å². The molecule has 18 heavy (non-hydrogen) atoms. The van der Waals surface area contributed by atoms with E-state index in [0.29, 0.717) is 0 Å². The third-order valence-electron chi connectivity index (χ3n) is 2.11. The maximum absolute atomic E-state index is 11.1. The monoisotopic (exact) mass is 278 g/mol. The molecule has 1 aromatic heterocycles. The minimum Gasteiger partial charge on any atom is -0.481 e. The van der Waals surface area contributed by atoms with Gasteiger partial charge in [-0.25, -0.2) is 13.1 Å². The first-order valence-electron chi connectivity index (χ1n) is 4.99. The number of sulfone groups is 1. The summed E-state index contributed by atoms with van der Waals surface area (Å²) in [5.41, 5.74) is 0. The van der Waals surface area contributed by atoms with Gasteiger partial charge >= 0.3 is 5.97 Å². The second-order valence-corrected chi connectivity index (χ2v) is 5.94. The molecule has 0 fully saturated rings. The van der Waals surface area contributed by atoms with Crippen molar-refractivity contribution in [1.82, 2.24) is 20.2 Å². The van der Waals surface area contributed by atoms with Gasteiger partial charge in [0.2, 0.25) is 0 Å². The van der Waals surface area contributed by atoms with Crippen LogP contribution in [0.15, 0.2) is 0 Å². The zero-order chi connectivity index (χ0) is 13.8. The Morgan fingerprint density at radius 3 is 2.72 bits per heavy atom. The van der Waals surface area contributed by atoms with Gasteiger partial charge in [0.05, 0.1) is 19.1 Å². The SMILES string of the molecule is COC(CC(=O)O)Cn1nnnc1CS(C)(=O)=O. The summed E-state index contributed by atoms with van der Waals surface area (Å²) in [6.45, 7) is 0.0840. The molecule has 1 atom stereocenters. The average molecular weight is 278 g/mol. The predicted molar refractivity (Wildman–Crippen MR) is 59.4 cm³/mol. The van der Waals surface area contributed by atoms with Gasteiger partial charge in [-0.3, -0.25) is 4.79 Å². The molecule has 1 aromatic rings. The highest BCUT2D eigenvalue weighted by Gasteiger charge is 2.18. The zero-order valence-corrected chi connectivity index (χ0v) is 10.8. The van der Waals surface area contributed by atoms with Crippen molar-refractivity contribution >= 4 is 15.8 Å². The van der Waals surface area contributed by atoms with Gasteiger partial charge in [0.15, 0.2) is 15.7 Å². The van der Waals surface area contributed by atoms with Crippen LogP contribution in [0.1, 0.15) is 12.2 Å². The smallest absolute Gasteiger partial charge is 0.306 e. The van der Waals surface area contributed by atoms with E-state index >= 15 is 0 Å². The Morgan fingerprint density at radius 1 is 1.56 bits per heavy atom. The van der Waals surface area contributed by atoms with Gasteiger partial charge in [0, 0.05) is 13.4 Å². The Hall–Kier alpha value is -1.55. The summed E-state index contributed by atoms with van der Waals surface area (Å²) in [6.07, 6.45) is 0.232. The van der Waals surface area contributed by atoms with Crippen molar-refractivity contribution in [3.63, 3.8) is 0 Å². The summed E-state index contributed by atoms with van der Waals surface area (Å²) in [7, 11) is -1.89. The van der Waals surface area contributed by atoms with Gasteiger partial charge in [-0.1, -0.05) is 0 Å². The van der Waals surface area contributed by atoms with Crippen LogP contribution in [0, 0.1) is 0 Å². The highest BCUT2D eigenvalue weighted by Crippen LogP contribution is 2.05. The van der Waals surface area contributed by atoms with Gasteiger partial charge in [-0.05, 0) is 10.4 Å². The summed E-state index contributed by atoms with van der Waals surface area (Å²) < 4.78 is 28.5. The number of nitrogens with zero attached hydrogens (tertiary/aromatic N) is 4. The van der Waals surface area contributed by atoms with Crippen molar-refractivity contribution in [1.29, 1.82) is 0 Å². The fourth-order valence-electron chi connectivity index (χ4n) is 1.31. The number of methoxy groups -OCH3 is 1. The van der Waals surface area contributed by atoms with Gasteiger partial charge in [0.1, 0.15) is 5.75 Å². The molecule has 0 spiro atoms. The van der Waals surface area contributed by atoms with Crippen LogP contribution < -0.4 is 0 Å². The average Bonchev–Trinajstić information content (AvgIpc) is 2.61. The number of aromatic nitrogens is 4. The van der Waals surface area contributed by atoms with E-state index in [1.165, 1.54) is 11.8 Å². The fraction of sp³-hybridized carbons (Fsp3) is 0.750. The van der Waals surface area contributed by atoms with Gasteiger partial charge in [-0.2, -0.15) is 0 Å². The maximum Gasteiger partial charge on any atom is 0.306 e. The van der Waals surface area contributed by atoms with Gasteiger partial charge in [-0.15, -0.1) is 5.10 Å². The Labute approximate surface area is 104 Å². The molecular weight excluding hydrogens is 264 g/mol. The van der Waals surface area contributed by atoms with E-state index in [0.717, 1.165) is 6.26 Å². The molecule has 0 saturated carbocycles. The molecule has 1 unspecified atom stereocenters. The molecule has 0 aliphatic rings. The van der Waals surface area contributed by atoms with Crippen molar-refractivity contribution in [2.45, 2.75) is 24.8 Å². The van der Waals surface area contributed by atoms with Gasteiger partial charge in [0.25, 0.3) is 0 Å². The Morgan fingerprint density at radius 2 is 2.22 bits per heavy atom. The number of carbonyl (C=O) groups is 1. The molecule has 0 aromatic carbocycles. The Bertz CT molecular complexity index is 511. The number of rotatable bonds is 7. The summed E-state index contributed by atoms with van der Waals surface area (Å²) in [5.74, 6) is -1.16. The second-order valence-electron chi connectivity index (χ2n) is 3.80. The number of hydrogen-bond donors (Lipinski definition) is 1. The van der Waals surface area contributed by atoms with E-state index in [-0.39, 0.29) is 24.5 Å². The van der Waals surface area contributed by atoms with Crippen molar-refractivity contribution in [2.75, 3.05) is 13.4 Å². The first-order valence-corrected chi connectivity index (χ1v) is 7.05. The number of ether oxygens (including phenoxy) is 1. The van der Waals surface area contributed by atoms with E-state index in [1.807, 2.05) is 0 Å². The number of carboxylic acid groups (broad SMARTS) is 1. The molecule has 0 aliphatic heterocycles. The van der Waals surface area contributed by atoms with E-state index in [2.05, 4.69) is 15.5 Å². The molecule has 0 bridgehead atoms. The Balaban J connectivity index is 2.78. The lowest BCUT2D eigenvalue weighted by atomic mass is 10.2. The molecule has 10 heteroatoms. The molecule has 0 amide bonds. The van der Waals surface area contributed by atoms with Gasteiger partial charge < -0.3 is 9.84 Å². The molecule has 1 rings (SSSR count). The lowest BCUT2D eigenvalue weighted by molar-refractivity contribution is -0.140. The number of hydrogen-bond acceptors (Lipinski definition) is 7. The summed E-state index contributed by atoms with van der Waals surface area (Å²) in [4.78, 5) is 10.6. The van der Waals surface area contributed by atoms with Crippen LogP contribution in [0.4, 0.5) is 0 Å². The molecular formula is C8H14N4O5S. The summed E-state index contributed by atoms with van der Waals surface area (Å²) in [5, 5.41) is 19.2. The number of tetrazole rings is 1. The molecule has 102 valence electrons. The van der Waals surface area contributed by atoms with E-state index in [9.17, 15) is 13.2 Å². The van der Waals surface area contributed by atoms with E-state index in [1.54, 1.807) is 0 Å². The van der Waals surface area contributed by atoms with Crippen LogP contribution in [0.5, 0.6) is 0 Å². The van der Waals surface area contributed by atoms with Crippen LogP contribution in [0.2, 0.25) is 0 Å². The first kappa shape index (κ1) is 14.5. The minimum atomic E-state index is -3.26. The number of carboxylic acids is 1. The topological polar surface area (TPSA) is 124 Å². The van der Waals surface area contributed by atoms with Crippen LogP contribution in [-0.4, -0.2) is 59.2 Å². The lowest BCUT2D eigenvalue weighted by Gasteiger charge is -2.13. The quantitative estimate of drug-likeness (QED) is 0.653. The Kier molecular flexibility index (Phi) is 4.73. The van der Waals surface area contributed by atoms with Crippen molar-refractivity contribution in [2.24, 2.45) is 0 Å². The van der Waals surface area contributed by atoms with E-state index < -0.39 is 21.9 Å². The molecule has 0 saturated heterocycles. The zero-order valence-electron chi connectivity index (χ0n) is 9.98. The highest BCUT2D eigenvalue weighted by atomic mass is 32.2. The van der Waals surface area contributed by atoms with Crippen LogP contribution in [0.25, 0.3) is 0 Å². The highest BCUT2D eigenvalue weighted by molar-refractivity contribution is 7.89. The van der Waals surface area contributed by atoms with Crippen molar-refractivity contribution in [3.05, 3.63) is 5.82 Å².